The molecule has 5 heteroatoms. The third-order valence-corrected chi connectivity index (χ3v) is 4.97. The predicted molar refractivity (Wildman–Crippen MR) is 77.9 cm³/mol. The van der Waals surface area contributed by atoms with Crippen LogP contribution in [0.4, 0.5) is 0 Å². The molecular formula is C14H18N4S. The van der Waals surface area contributed by atoms with Crippen LogP contribution in [0.2, 0.25) is 0 Å². The van der Waals surface area contributed by atoms with Gasteiger partial charge >= 0.3 is 0 Å². The van der Waals surface area contributed by atoms with Crippen molar-refractivity contribution in [1.29, 1.82) is 0 Å². The van der Waals surface area contributed by atoms with Gasteiger partial charge in [0.1, 0.15) is 5.82 Å². The number of fused-ring (bicyclic) bond motifs is 1. The zero-order chi connectivity index (χ0) is 13.2. The van der Waals surface area contributed by atoms with E-state index in [4.69, 9.17) is 5.84 Å². The third kappa shape index (κ3) is 2.41. The predicted octanol–water partition coefficient (Wildman–Crippen LogP) is 1.68. The fraction of sp³-hybridized carbons (Fsp3) is 0.357. The number of hydrogen-bond donors (Lipinski definition) is 2. The number of aryl methyl sites for hydroxylation is 1. The Hall–Kier alpha value is -1.30. The first-order valence-electron chi connectivity index (χ1n) is 6.43. The molecule has 2 atom stereocenters. The van der Waals surface area contributed by atoms with E-state index in [2.05, 4.69) is 39.2 Å². The molecule has 0 amide bonds. The maximum Gasteiger partial charge on any atom is 0.109 e. The van der Waals surface area contributed by atoms with E-state index in [1.807, 2.05) is 31.2 Å². The lowest BCUT2D eigenvalue weighted by Crippen LogP contribution is -2.42. The first-order chi connectivity index (χ1) is 9.29. The summed E-state index contributed by atoms with van der Waals surface area (Å²) in [6.07, 6.45) is 4.65. The van der Waals surface area contributed by atoms with Crippen molar-refractivity contribution in [2.24, 2.45) is 12.9 Å². The molecule has 0 aliphatic carbocycles. The number of nitrogens with zero attached hydrogens (tertiary/aromatic N) is 2. The first-order valence-corrected chi connectivity index (χ1v) is 7.42. The summed E-state index contributed by atoms with van der Waals surface area (Å²) in [6.45, 7) is 0. The van der Waals surface area contributed by atoms with Crippen LogP contribution in [0.15, 0.2) is 41.6 Å². The molecule has 2 unspecified atom stereocenters. The van der Waals surface area contributed by atoms with E-state index in [1.165, 1.54) is 10.5 Å². The second-order valence-corrected chi connectivity index (χ2v) is 5.95. The summed E-state index contributed by atoms with van der Waals surface area (Å²) in [4.78, 5) is 5.77. The van der Waals surface area contributed by atoms with Crippen LogP contribution in [0.5, 0.6) is 0 Å². The zero-order valence-electron chi connectivity index (χ0n) is 10.9. The molecule has 100 valence electrons. The first kappa shape index (κ1) is 12.7. The van der Waals surface area contributed by atoms with Crippen molar-refractivity contribution in [2.75, 3.05) is 5.75 Å². The van der Waals surface area contributed by atoms with E-state index < -0.39 is 0 Å². The molecule has 0 saturated carbocycles. The van der Waals surface area contributed by atoms with Crippen LogP contribution in [0, 0.1) is 0 Å². The van der Waals surface area contributed by atoms with E-state index in [1.54, 1.807) is 0 Å². The highest BCUT2D eigenvalue weighted by atomic mass is 32.2. The summed E-state index contributed by atoms with van der Waals surface area (Å²) in [5, 5.41) is 0. The quantitative estimate of drug-likeness (QED) is 0.658. The van der Waals surface area contributed by atoms with E-state index >= 15 is 0 Å². The molecule has 1 aliphatic rings. The van der Waals surface area contributed by atoms with Gasteiger partial charge in [0, 0.05) is 48.5 Å². The van der Waals surface area contributed by atoms with Gasteiger partial charge in [0.15, 0.2) is 0 Å². The molecule has 2 aromatic rings. The van der Waals surface area contributed by atoms with Crippen LogP contribution in [-0.2, 0) is 13.5 Å². The molecule has 0 bridgehead atoms. The summed E-state index contributed by atoms with van der Waals surface area (Å²) in [5.41, 5.74) is 4.39. The summed E-state index contributed by atoms with van der Waals surface area (Å²) in [6, 6.07) is 8.82. The topological polar surface area (TPSA) is 55.9 Å². The van der Waals surface area contributed by atoms with Crippen molar-refractivity contribution in [2.45, 2.75) is 23.3 Å². The molecule has 3 rings (SSSR count). The number of thioether (sulfide) groups is 1. The number of hydrogen-bond acceptors (Lipinski definition) is 4. The highest BCUT2D eigenvalue weighted by Gasteiger charge is 2.30. The number of benzene rings is 1. The van der Waals surface area contributed by atoms with Gasteiger partial charge in [0.2, 0.25) is 0 Å². The fourth-order valence-electron chi connectivity index (χ4n) is 2.63. The van der Waals surface area contributed by atoms with Crippen LogP contribution >= 0.6 is 11.8 Å². The van der Waals surface area contributed by atoms with Crippen LogP contribution < -0.4 is 11.3 Å². The molecule has 3 N–H and O–H groups in total. The van der Waals surface area contributed by atoms with Crippen LogP contribution in [0.3, 0.4) is 0 Å². The second kappa shape index (κ2) is 5.36. The number of hydrazine groups is 1. The average molecular weight is 274 g/mol. The standard InChI is InChI=1S/C14H18N4S/c1-18-7-6-16-14(18)8-12(17-15)11-9-19-13-5-3-2-4-10(11)13/h2-7,11-12,17H,8-9,15H2,1H3. The van der Waals surface area contributed by atoms with Gasteiger partial charge in [0.05, 0.1) is 0 Å². The minimum Gasteiger partial charge on any atom is -0.338 e. The summed E-state index contributed by atoms with van der Waals surface area (Å²) < 4.78 is 2.05. The van der Waals surface area contributed by atoms with E-state index in [0.29, 0.717) is 5.92 Å². The number of imidazole rings is 1. The van der Waals surface area contributed by atoms with Crippen LogP contribution in [0.25, 0.3) is 0 Å². The van der Waals surface area contributed by atoms with Gasteiger partial charge < -0.3 is 4.57 Å². The summed E-state index contributed by atoms with van der Waals surface area (Å²) in [5.74, 6) is 8.38. The Morgan fingerprint density at radius 1 is 1.53 bits per heavy atom. The number of nitrogens with one attached hydrogen (secondary N) is 1. The molecule has 0 fully saturated rings. The highest BCUT2D eigenvalue weighted by molar-refractivity contribution is 7.99. The van der Waals surface area contributed by atoms with Crippen LogP contribution in [0.1, 0.15) is 17.3 Å². The number of nitrogens with two attached hydrogens (primary N) is 1. The normalized spacial score (nSPS) is 19.4. The molecule has 1 aromatic heterocycles. The fourth-order valence-corrected chi connectivity index (χ4v) is 3.96. The van der Waals surface area contributed by atoms with Gasteiger partial charge in [-0.3, -0.25) is 11.3 Å². The van der Waals surface area contributed by atoms with Crippen molar-refractivity contribution in [3.8, 4) is 0 Å². The Morgan fingerprint density at radius 3 is 3.11 bits per heavy atom. The van der Waals surface area contributed by atoms with E-state index in [-0.39, 0.29) is 6.04 Å². The maximum atomic E-state index is 5.78. The third-order valence-electron chi connectivity index (χ3n) is 3.76. The number of rotatable bonds is 4. The minimum absolute atomic E-state index is 0.220. The Morgan fingerprint density at radius 2 is 2.37 bits per heavy atom. The second-order valence-electron chi connectivity index (χ2n) is 4.89. The molecule has 0 radical (unpaired) electrons. The minimum atomic E-state index is 0.220. The molecule has 1 aromatic carbocycles. The van der Waals surface area contributed by atoms with Crippen LogP contribution in [-0.4, -0.2) is 21.3 Å². The Bertz CT molecular complexity index is 566. The molecule has 19 heavy (non-hydrogen) atoms. The van der Waals surface area contributed by atoms with Crippen molar-refractivity contribution in [3.05, 3.63) is 48.0 Å². The molecular weight excluding hydrogens is 256 g/mol. The average Bonchev–Trinajstić information content (AvgIpc) is 3.03. The van der Waals surface area contributed by atoms with Gasteiger partial charge in [-0.1, -0.05) is 18.2 Å². The summed E-state index contributed by atoms with van der Waals surface area (Å²) in [7, 11) is 2.02. The molecule has 1 aliphatic heterocycles. The summed E-state index contributed by atoms with van der Waals surface area (Å²) >= 11 is 1.91. The van der Waals surface area contributed by atoms with Crippen molar-refractivity contribution >= 4 is 11.8 Å². The van der Waals surface area contributed by atoms with E-state index in [9.17, 15) is 0 Å². The zero-order valence-corrected chi connectivity index (χ0v) is 11.7. The Labute approximate surface area is 117 Å². The van der Waals surface area contributed by atoms with Crippen molar-refractivity contribution in [3.63, 3.8) is 0 Å². The van der Waals surface area contributed by atoms with Gasteiger partial charge in [-0.2, -0.15) is 0 Å². The SMILES string of the molecule is Cn1ccnc1CC(NN)C1CSc2ccccc21. The lowest BCUT2D eigenvalue weighted by Gasteiger charge is -2.22. The lowest BCUT2D eigenvalue weighted by molar-refractivity contribution is 0.450. The van der Waals surface area contributed by atoms with Crippen molar-refractivity contribution < 1.29 is 0 Å². The molecule has 0 saturated heterocycles. The highest BCUT2D eigenvalue weighted by Crippen LogP contribution is 2.41. The van der Waals surface area contributed by atoms with Gasteiger partial charge in [-0.25, -0.2) is 4.98 Å². The van der Waals surface area contributed by atoms with Gasteiger partial charge in [-0.05, 0) is 11.6 Å². The van der Waals surface area contributed by atoms with Crippen molar-refractivity contribution in [1.82, 2.24) is 15.0 Å². The largest absolute Gasteiger partial charge is 0.338 e. The Balaban J connectivity index is 1.82. The molecule has 4 nitrogen and oxygen atoms in total. The smallest absolute Gasteiger partial charge is 0.109 e. The van der Waals surface area contributed by atoms with E-state index in [0.717, 1.165) is 18.0 Å². The van der Waals surface area contributed by atoms with Gasteiger partial charge in [-0.15, -0.1) is 11.8 Å². The molecule has 2 heterocycles. The molecule has 0 spiro atoms. The Kier molecular flexibility index (Phi) is 3.59. The number of aromatic nitrogens is 2. The maximum absolute atomic E-state index is 5.78. The van der Waals surface area contributed by atoms with Gasteiger partial charge in [0.25, 0.3) is 0 Å². The monoisotopic (exact) mass is 274 g/mol. The lowest BCUT2D eigenvalue weighted by atomic mass is 9.91.